The molecule has 1 heterocycles. The van der Waals surface area contributed by atoms with E-state index < -0.39 is 12.0 Å². The Labute approximate surface area is 98.0 Å². The van der Waals surface area contributed by atoms with Gasteiger partial charge < -0.3 is 20.1 Å². The first kappa shape index (κ1) is 12.8. The zero-order valence-corrected chi connectivity index (χ0v) is 9.51. The highest BCUT2D eigenvalue weighted by atomic mass is 16.5. The van der Waals surface area contributed by atoms with Crippen LogP contribution in [0, 0.1) is 0 Å². The van der Waals surface area contributed by atoms with Crippen molar-refractivity contribution >= 4 is 17.7 Å². The van der Waals surface area contributed by atoms with Crippen LogP contribution in [0.25, 0.3) is 0 Å². The second kappa shape index (κ2) is 5.69. The lowest BCUT2D eigenvalue weighted by Gasteiger charge is -2.15. The lowest BCUT2D eigenvalue weighted by atomic mass is 10.4. The molecule has 0 fully saturated rings. The molecule has 0 aromatic carbocycles. The minimum atomic E-state index is -1.07. The summed E-state index contributed by atoms with van der Waals surface area (Å²) in [4.78, 5) is 26.8. The minimum Gasteiger partial charge on any atom is -0.481 e. The number of carbonyl (C=O) groups is 2. The number of ether oxygens (including phenoxy) is 1. The van der Waals surface area contributed by atoms with E-state index in [0.717, 1.165) is 4.90 Å². The van der Waals surface area contributed by atoms with Crippen molar-refractivity contribution < 1.29 is 19.4 Å². The van der Waals surface area contributed by atoms with Crippen molar-refractivity contribution in [3.05, 3.63) is 18.3 Å². The van der Waals surface area contributed by atoms with Gasteiger partial charge in [0.15, 0.2) is 0 Å². The van der Waals surface area contributed by atoms with E-state index in [1.165, 1.54) is 20.4 Å². The SMILES string of the molecule is COc1ccc(NC(=O)N(C)CC(=O)O)cn1. The van der Waals surface area contributed by atoms with E-state index in [2.05, 4.69) is 10.3 Å². The third-order valence-electron chi connectivity index (χ3n) is 1.92. The molecule has 0 atom stereocenters. The van der Waals surface area contributed by atoms with Crippen LogP contribution in [-0.2, 0) is 4.79 Å². The van der Waals surface area contributed by atoms with Crippen molar-refractivity contribution in [1.29, 1.82) is 0 Å². The molecule has 7 nitrogen and oxygen atoms in total. The molecule has 1 rings (SSSR count). The predicted octanol–water partition coefficient (Wildman–Crippen LogP) is 0.638. The lowest BCUT2D eigenvalue weighted by Crippen LogP contribution is -2.35. The molecule has 17 heavy (non-hydrogen) atoms. The van der Waals surface area contributed by atoms with Crippen LogP contribution < -0.4 is 10.1 Å². The molecule has 7 heteroatoms. The fourth-order valence-electron chi connectivity index (χ4n) is 1.07. The topological polar surface area (TPSA) is 91.8 Å². The zero-order valence-electron chi connectivity index (χ0n) is 9.51. The Bertz CT molecular complexity index is 405. The highest BCUT2D eigenvalue weighted by Crippen LogP contribution is 2.11. The fourth-order valence-corrected chi connectivity index (χ4v) is 1.07. The number of hydrogen-bond acceptors (Lipinski definition) is 4. The monoisotopic (exact) mass is 239 g/mol. The Hall–Kier alpha value is -2.31. The highest BCUT2D eigenvalue weighted by Gasteiger charge is 2.11. The Morgan fingerprint density at radius 3 is 2.71 bits per heavy atom. The molecule has 0 aliphatic carbocycles. The van der Waals surface area contributed by atoms with E-state index in [1.54, 1.807) is 12.1 Å². The molecule has 0 bridgehead atoms. The van der Waals surface area contributed by atoms with Crippen molar-refractivity contribution in [3.8, 4) is 5.88 Å². The number of likely N-dealkylation sites (N-methyl/N-ethyl adjacent to an activating group) is 1. The second-order valence-corrected chi connectivity index (χ2v) is 3.27. The van der Waals surface area contributed by atoms with Gasteiger partial charge in [-0.05, 0) is 6.07 Å². The summed E-state index contributed by atoms with van der Waals surface area (Å²) in [6, 6.07) is 2.69. The molecular formula is C10H13N3O4. The molecule has 2 amide bonds. The Kier molecular flexibility index (Phi) is 4.27. The number of rotatable bonds is 4. The number of carbonyl (C=O) groups excluding carboxylic acids is 1. The van der Waals surface area contributed by atoms with E-state index >= 15 is 0 Å². The summed E-state index contributed by atoms with van der Waals surface area (Å²) in [5.74, 6) is -0.641. The standard InChI is InChI=1S/C10H13N3O4/c1-13(6-9(14)15)10(16)12-7-3-4-8(17-2)11-5-7/h3-5H,6H2,1-2H3,(H,12,16)(H,14,15). The van der Waals surface area contributed by atoms with Gasteiger partial charge in [-0.25, -0.2) is 9.78 Å². The summed E-state index contributed by atoms with van der Waals surface area (Å²) in [5, 5.41) is 11.0. The molecule has 0 spiro atoms. The zero-order chi connectivity index (χ0) is 12.8. The Morgan fingerprint density at radius 1 is 1.53 bits per heavy atom. The lowest BCUT2D eigenvalue weighted by molar-refractivity contribution is -0.137. The van der Waals surface area contributed by atoms with Gasteiger partial charge in [-0.1, -0.05) is 0 Å². The number of anilines is 1. The molecule has 92 valence electrons. The summed E-state index contributed by atoms with van der Waals surface area (Å²) >= 11 is 0. The molecule has 1 aromatic heterocycles. The number of aromatic nitrogens is 1. The van der Waals surface area contributed by atoms with Gasteiger partial charge in [-0.2, -0.15) is 0 Å². The number of nitrogens with zero attached hydrogens (tertiary/aromatic N) is 2. The first-order valence-electron chi connectivity index (χ1n) is 4.77. The average Bonchev–Trinajstić information content (AvgIpc) is 2.29. The van der Waals surface area contributed by atoms with E-state index in [9.17, 15) is 9.59 Å². The molecule has 0 aliphatic rings. The maximum Gasteiger partial charge on any atom is 0.323 e. The van der Waals surface area contributed by atoms with Crippen molar-refractivity contribution in [2.75, 3.05) is 26.0 Å². The summed E-state index contributed by atoms with van der Waals surface area (Å²) in [6.07, 6.45) is 1.42. The normalized spacial score (nSPS) is 9.53. The van der Waals surface area contributed by atoms with Crippen molar-refractivity contribution in [2.24, 2.45) is 0 Å². The summed E-state index contributed by atoms with van der Waals surface area (Å²) in [7, 11) is 2.88. The molecule has 0 saturated carbocycles. The number of urea groups is 1. The van der Waals surface area contributed by atoms with Gasteiger partial charge in [0.1, 0.15) is 6.54 Å². The molecule has 2 N–H and O–H groups in total. The van der Waals surface area contributed by atoms with E-state index in [0.29, 0.717) is 11.6 Å². The third kappa shape index (κ3) is 3.98. The summed E-state index contributed by atoms with van der Waals surface area (Å²) in [5.41, 5.74) is 0.466. The number of hydrogen-bond donors (Lipinski definition) is 2. The molecule has 0 aliphatic heterocycles. The van der Waals surface area contributed by atoms with Crippen LogP contribution in [0.5, 0.6) is 5.88 Å². The van der Waals surface area contributed by atoms with Gasteiger partial charge in [0.05, 0.1) is 19.0 Å². The van der Waals surface area contributed by atoms with Crippen molar-refractivity contribution in [2.45, 2.75) is 0 Å². The largest absolute Gasteiger partial charge is 0.481 e. The number of pyridine rings is 1. The summed E-state index contributed by atoms with van der Waals surface area (Å²) < 4.78 is 4.86. The molecule has 0 radical (unpaired) electrons. The number of nitrogens with one attached hydrogen (secondary N) is 1. The van der Waals surface area contributed by atoms with Crippen molar-refractivity contribution in [1.82, 2.24) is 9.88 Å². The van der Waals surface area contributed by atoms with Crippen molar-refractivity contribution in [3.63, 3.8) is 0 Å². The second-order valence-electron chi connectivity index (χ2n) is 3.27. The molecule has 1 aromatic rings. The first-order valence-corrected chi connectivity index (χ1v) is 4.77. The van der Waals surface area contributed by atoms with E-state index in [4.69, 9.17) is 9.84 Å². The van der Waals surface area contributed by atoms with Gasteiger partial charge in [0.25, 0.3) is 0 Å². The molecular weight excluding hydrogens is 226 g/mol. The smallest absolute Gasteiger partial charge is 0.323 e. The van der Waals surface area contributed by atoms with Crippen LogP contribution in [0.1, 0.15) is 0 Å². The maximum atomic E-state index is 11.5. The van der Waals surface area contributed by atoms with E-state index in [1.807, 2.05) is 0 Å². The van der Waals surface area contributed by atoms with Crippen LogP contribution in [0.15, 0.2) is 18.3 Å². The van der Waals surface area contributed by atoms with Crippen LogP contribution in [0.3, 0.4) is 0 Å². The van der Waals surface area contributed by atoms with Crippen LogP contribution in [0.4, 0.5) is 10.5 Å². The van der Waals surface area contributed by atoms with E-state index in [-0.39, 0.29) is 6.54 Å². The number of carboxylic acids is 1. The van der Waals surface area contributed by atoms with Gasteiger partial charge in [-0.15, -0.1) is 0 Å². The van der Waals surface area contributed by atoms with Gasteiger partial charge in [0.2, 0.25) is 5.88 Å². The first-order chi connectivity index (χ1) is 8.02. The van der Waals surface area contributed by atoms with Gasteiger partial charge >= 0.3 is 12.0 Å². The number of aliphatic carboxylic acids is 1. The quantitative estimate of drug-likeness (QED) is 0.804. The van der Waals surface area contributed by atoms with Gasteiger partial charge in [0, 0.05) is 13.1 Å². The number of carboxylic acid groups (broad SMARTS) is 1. The molecule has 0 saturated heterocycles. The number of methoxy groups -OCH3 is 1. The third-order valence-corrected chi connectivity index (χ3v) is 1.92. The minimum absolute atomic E-state index is 0.366. The Morgan fingerprint density at radius 2 is 2.24 bits per heavy atom. The Balaban J connectivity index is 2.58. The van der Waals surface area contributed by atoms with Crippen LogP contribution in [0.2, 0.25) is 0 Å². The fraction of sp³-hybridized carbons (Fsp3) is 0.300. The number of amides is 2. The predicted molar refractivity (Wildman–Crippen MR) is 60.1 cm³/mol. The highest BCUT2D eigenvalue weighted by molar-refractivity contribution is 5.90. The van der Waals surface area contributed by atoms with Gasteiger partial charge in [-0.3, -0.25) is 4.79 Å². The van der Waals surface area contributed by atoms with Crippen LogP contribution >= 0.6 is 0 Å². The molecule has 0 unspecified atom stereocenters. The van der Waals surface area contributed by atoms with Crippen LogP contribution in [-0.4, -0.2) is 47.7 Å². The average molecular weight is 239 g/mol. The maximum absolute atomic E-state index is 11.5. The summed E-state index contributed by atoms with van der Waals surface area (Å²) in [6.45, 7) is -0.366.